The van der Waals surface area contributed by atoms with Crippen LogP contribution in [0.2, 0.25) is 0 Å². The van der Waals surface area contributed by atoms with Gasteiger partial charge in [-0.2, -0.15) is 0 Å². The number of hydrogen-bond acceptors (Lipinski definition) is 7. The van der Waals surface area contributed by atoms with E-state index in [-0.39, 0.29) is 11.9 Å². The van der Waals surface area contributed by atoms with Crippen LogP contribution in [-0.2, 0) is 19.1 Å². The van der Waals surface area contributed by atoms with Gasteiger partial charge in [0.2, 0.25) is 5.96 Å². The molecule has 11 heteroatoms. The van der Waals surface area contributed by atoms with Crippen LogP contribution in [0.5, 0.6) is 0 Å². The number of nitrogens with one attached hydrogen (secondary N) is 2. The average Bonchev–Trinajstić information content (AvgIpc) is 3.00. The predicted molar refractivity (Wildman–Crippen MR) is 85.1 cm³/mol. The van der Waals surface area contributed by atoms with E-state index in [4.69, 9.17) is 24.5 Å². The number of ether oxygens (including phenoxy) is 1. The lowest BCUT2D eigenvalue weighted by Gasteiger charge is -2.21. The Morgan fingerprint density at radius 3 is 2.24 bits per heavy atom. The van der Waals surface area contributed by atoms with E-state index in [0.29, 0.717) is 13.0 Å². The highest BCUT2D eigenvalue weighted by Gasteiger charge is 2.49. The molecule has 4 N–H and O–H groups in total. The number of likely N-dealkylation sites (N-methyl/N-ethyl adjacent to an activating group) is 1. The second-order valence-electron chi connectivity index (χ2n) is 6.50. The molecule has 0 aliphatic carbocycles. The Hall–Kier alpha value is -2.69. The number of carboxylic acid groups (broad SMARTS) is 2. The van der Waals surface area contributed by atoms with Gasteiger partial charge in [-0.05, 0) is 33.7 Å². The van der Waals surface area contributed by atoms with Crippen LogP contribution in [-0.4, -0.2) is 76.3 Å². The number of aliphatic carboxylic acids is 2. The molecule has 2 aliphatic heterocycles. The van der Waals surface area contributed by atoms with Crippen molar-refractivity contribution in [3.8, 4) is 0 Å². The lowest BCUT2D eigenvalue weighted by atomic mass is 9.99. The number of alkyl carbamates (subject to hydrolysis) is 1. The Bertz CT molecular complexity index is 591. The monoisotopic (exact) mass is 358 g/mol. The Morgan fingerprint density at radius 1 is 1.28 bits per heavy atom. The highest BCUT2D eigenvalue weighted by Crippen LogP contribution is 2.27. The Morgan fingerprint density at radius 2 is 1.84 bits per heavy atom. The minimum atomic E-state index is -1.82. The van der Waals surface area contributed by atoms with Gasteiger partial charge in [0.1, 0.15) is 5.60 Å². The number of nitrogens with zero attached hydrogens (tertiary/aromatic N) is 2. The quantitative estimate of drug-likeness (QED) is 0.411. The van der Waals surface area contributed by atoms with E-state index >= 15 is 0 Å². The van der Waals surface area contributed by atoms with Crippen LogP contribution >= 0.6 is 0 Å². The van der Waals surface area contributed by atoms with E-state index in [2.05, 4.69) is 15.6 Å². The molecule has 1 atom stereocenters. The lowest BCUT2D eigenvalue weighted by Crippen LogP contribution is -2.46. The normalized spacial score (nSPS) is 22.2. The number of carbonyl (C=O) groups excluding carboxylic acids is 2. The summed E-state index contributed by atoms with van der Waals surface area (Å²) in [6.45, 7) is 6.60. The molecule has 1 fully saturated rings. The van der Waals surface area contributed by atoms with Crippen molar-refractivity contribution in [1.82, 2.24) is 15.5 Å². The van der Waals surface area contributed by atoms with Crippen LogP contribution in [0.1, 0.15) is 27.2 Å². The minimum absolute atomic E-state index is 0.0939. The number of carbonyl (C=O) groups is 4. The maximum atomic E-state index is 12.2. The summed E-state index contributed by atoms with van der Waals surface area (Å²) in [4.78, 5) is 47.8. The number of carboxylic acids is 2. The van der Waals surface area contributed by atoms with Gasteiger partial charge in [0.25, 0.3) is 5.91 Å². The van der Waals surface area contributed by atoms with Gasteiger partial charge in [-0.3, -0.25) is 15.0 Å². The van der Waals surface area contributed by atoms with Gasteiger partial charge < -0.3 is 20.3 Å². The molecule has 1 spiro atoms. The van der Waals surface area contributed by atoms with Crippen molar-refractivity contribution < 1.29 is 34.1 Å². The molecular weight excluding hydrogens is 336 g/mol. The fourth-order valence-corrected chi connectivity index (χ4v) is 2.20. The summed E-state index contributed by atoms with van der Waals surface area (Å²) in [6, 6.07) is 0. The first kappa shape index (κ1) is 20.4. The Balaban J connectivity index is 0.000000450. The first-order valence-corrected chi connectivity index (χ1v) is 7.43. The van der Waals surface area contributed by atoms with Crippen LogP contribution in [0.15, 0.2) is 4.99 Å². The maximum Gasteiger partial charge on any atom is 0.414 e. The fraction of sp³-hybridized carbons (Fsp3) is 0.643. The predicted octanol–water partition coefficient (Wildman–Crippen LogP) is -0.773. The van der Waals surface area contributed by atoms with Crippen molar-refractivity contribution >= 4 is 29.9 Å². The van der Waals surface area contributed by atoms with Gasteiger partial charge in [0.15, 0.2) is 5.54 Å². The van der Waals surface area contributed by atoms with Crippen LogP contribution in [0.3, 0.4) is 0 Å². The van der Waals surface area contributed by atoms with Gasteiger partial charge in [0, 0.05) is 13.6 Å². The van der Waals surface area contributed by atoms with Gasteiger partial charge in [0.05, 0.1) is 0 Å². The molecule has 1 saturated heterocycles. The van der Waals surface area contributed by atoms with Crippen LogP contribution in [0.25, 0.3) is 0 Å². The van der Waals surface area contributed by atoms with Crippen molar-refractivity contribution in [1.29, 1.82) is 0 Å². The third kappa shape index (κ3) is 5.41. The zero-order chi connectivity index (χ0) is 19.4. The molecule has 2 rings (SSSR count). The molecule has 0 aromatic rings. The molecule has 1 unspecified atom stereocenters. The highest BCUT2D eigenvalue weighted by atomic mass is 16.6. The second kappa shape index (κ2) is 7.47. The first-order chi connectivity index (χ1) is 11.4. The first-order valence-electron chi connectivity index (χ1n) is 7.43. The second-order valence-corrected chi connectivity index (χ2v) is 6.50. The third-order valence-corrected chi connectivity index (χ3v) is 3.27. The number of hydrogen-bond donors (Lipinski definition) is 4. The van der Waals surface area contributed by atoms with Crippen LogP contribution < -0.4 is 10.6 Å². The van der Waals surface area contributed by atoms with Gasteiger partial charge in [-0.15, -0.1) is 0 Å². The molecule has 2 heterocycles. The summed E-state index contributed by atoms with van der Waals surface area (Å²) in [6.07, 6.45) is 0.0456. The van der Waals surface area contributed by atoms with Crippen molar-refractivity contribution in [3.63, 3.8) is 0 Å². The van der Waals surface area contributed by atoms with E-state index in [1.807, 2.05) is 0 Å². The van der Waals surface area contributed by atoms with E-state index in [9.17, 15) is 9.59 Å². The van der Waals surface area contributed by atoms with E-state index < -0.39 is 29.2 Å². The number of amides is 2. The number of aliphatic imine (C=N–C) groups is 1. The van der Waals surface area contributed by atoms with E-state index in [1.165, 1.54) is 4.90 Å². The standard InChI is InChI=1S/C12H20N4O3.C2H2O4/c1-11(2,3)19-10(18)14-9-15-12(5-6-13-7-12)8(17)16(9)4;3-1(4)2(5)6/h13H,5-7H2,1-4H3,(H,14,15,18);(H,3,4)(H,5,6). The molecular formula is C14H22N4O7. The summed E-state index contributed by atoms with van der Waals surface area (Å²) in [5.74, 6) is -3.49. The molecule has 25 heavy (non-hydrogen) atoms. The third-order valence-electron chi connectivity index (χ3n) is 3.27. The van der Waals surface area contributed by atoms with E-state index in [0.717, 1.165) is 6.54 Å². The highest BCUT2D eigenvalue weighted by molar-refractivity contribution is 6.27. The van der Waals surface area contributed by atoms with Crippen molar-refractivity contribution in [2.75, 3.05) is 20.1 Å². The topological polar surface area (TPSA) is 158 Å². The summed E-state index contributed by atoms with van der Waals surface area (Å²) in [5, 5.41) is 20.4. The molecule has 11 nitrogen and oxygen atoms in total. The Labute approximate surface area is 144 Å². The zero-order valence-corrected chi connectivity index (χ0v) is 14.5. The van der Waals surface area contributed by atoms with E-state index in [1.54, 1.807) is 27.8 Å². The van der Waals surface area contributed by atoms with Crippen molar-refractivity contribution in [3.05, 3.63) is 0 Å². The SMILES string of the molecule is CN1C(=O)C2(CCNC2)N=C1NC(=O)OC(C)(C)C.O=C(O)C(=O)O. The minimum Gasteiger partial charge on any atom is -0.473 e. The number of rotatable bonds is 0. The van der Waals surface area contributed by atoms with Gasteiger partial charge in [-0.25, -0.2) is 19.4 Å². The summed E-state index contributed by atoms with van der Waals surface area (Å²) >= 11 is 0. The molecule has 140 valence electrons. The summed E-state index contributed by atoms with van der Waals surface area (Å²) < 4.78 is 5.15. The molecule has 0 aromatic carbocycles. The fourth-order valence-electron chi connectivity index (χ4n) is 2.20. The molecule has 2 aliphatic rings. The summed E-state index contributed by atoms with van der Waals surface area (Å²) in [7, 11) is 1.60. The zero-order valence-electron chi connectivity index (χ0n) is 14.5. The van der Waals surface area contributed by atoms with Crippen LogP contribution in [0.4, 0.5) is 4.79 Å². The average molecular weight is 358 g/mol. The van der Waals surface area contributed by atoms with Crippen LogP contribution in [0, 0.1) is 0 Å². The molecule has 2 amide bonds. The Kier molecular flexibility index (Phi) is 6.08. The maximum absolute atomic E-state index is 12.2. The van der Waals surface area contributed by atoms with Gasteiger partial charge in [-0.1, -0.05) is 0 Å². The van der Waals surface area contributed by atoms with Gasteiger partial charge >= 0.3 is 18.0 Å². The molecule has 0 saturated carbocycles. The molecule has 0 radical (unpaired) electrons. The smallest absolute Gasteiger partial charge is 0.414 e. The lowest BCUT2D eigenvalue weighted by molar-refractivity contribution is -0.159. The number of guanidine groups is 1. The largest absolute Gasteiger partial charge is 0.473 e. The molecule has 0 bridgehead atoms. The van der Waals surface area contributed by atoms with Crippen molar-refractivity contribution in [2.45, 2.75) is 38.3 Å². The van der Waals surface area contributed by atoms with Crippen molar-refractivity contribution in [2.24, 2.45) is 4.99 Å². The summed E-state index contributed by atoms with van der Waals surface area (Å²) in [5.41, 5.74) is -1.34. The molecule has 0 aromatic heterocycles.